The van der Waals surface area contributed by atoms with Crippen molar-refractivity contribution in [3.05, 3.63) is 83.7 Å². The van der Waals surface area contributed by atoms with E-state index in [2.05, 4.69) is 5.32 Å². The number of hydrogen-bond acceptors (Lipinski definition) is 8. The molecular formula is C25H24N2O7. The highest BCUT2D eigenvalue weighted by Crippen LogP contribution is 2.30. The Labute approximate surface area is 196 Å². The van der Waals surface area contributed by atoms with Crippen LogP contribution in [0.4, 0.5) is 11.4 Å². The summed E-state index contributed by atoms with van der Waals surface area (Å²) < 4.78 is 20.3. The van der Waals surface area contributed by atoms with Gasteiger partial charge in [0.2, 0.25) is 0 Å². The zero-order valence-corrected chi connectivity index (χ0v) is 19.2. The van der Waals surface area contributed by atoms with Gasteiger partial charge in [0.25, 0.3) is 5.91 Å². The minimum Gasteiger partial charge on any atom is -0.497 e. The third-order valence-corrected chi connectivity index (χ3v) is 4.93. The van der Waals surface area contributed by atoms with Crippen LogP contribution in [-0.4, -0.2) is 46.3 Å². The van der Waals surface area contributed by atoms with Crippen molar-refractivity contribution < 1.29 is 33.3 Å². The predicted octanol–water partition coefficient (Wildman–Crippen LogP) is 3.45. The van der Waals surface area contributed by atoms with Gasteiger partial charge >= 0.3 is 11.9 Å². The lowest BCUT2D eigenvalue weighted by atomic mass is 10.1. The SMILES string of the molecule is COC(=O)C1=C(C(=O)OC)N(c2cccc(C(=O)Nc3cc(OC)ccc3OC)c2)C=CC=C1. The summed E-state index contributed by atoms with van der Waals surface area (Å²) >= 11 is 0. The van der Waals surface area contributed by atoms with Crippen molar-refractivity contribution >= 4 is 29.2 Å². The van der Waals surface area contributed by atoms with Crippen molar-refractivity contribution in [2.24, 2.45) is 0 Å². The van der Waals surface area contributed by atoms with E-state index in [4.69, 9.17) is 18.9 Å². The van der Waals surface area contributed by atoms with Crippen LogP contribution in [0.1, 0.15) is 10.4 Å². The van der Waals surface area contributed by atoms with E-state index in [1.54, 1.807) is 60.8 Å². The summed E-state index contributed by atoms with van der Waals surface area (Å²) in [6.07, 6.45) is 6.29. The van der Waals surface area contributed by atoms with E-state index in [0.717, 1.165) is 0 Å². The second-order valence-corrected chi connectivity index (χ2v) is 6.89. The number of rotatable bonds is 7. The summed E-state index contributed by atoms with van der Waals surface area (Å²) in [5, 5.41) is 2.81. The maximum absolute atomic E-state index is 13.0. The standard InChI is InChI=1S/C25H24N2O7/c1-31-18-11-12-21(32-2)20(15-18)26-23(28)16-8-7-9-17(14-16)27-13-6-5-10-19(24(29)33-3)22(27)25(30)34-4/h5-15H,1-4H3,(H,26,28). The van der Waals surface area contributed by atoms with E-state index in [-0.39, 0.29) is 11.3 Å². The minimum absolute atomic E-state index is 0.00956. The van der Waals surface area contributed by atoms with Gasteiger partial charge in [0, 0.05) is 23.5 Å². The molecule has 0 aromatic heterocycles. The summed E-state index contributed by atoms with van der Waals surface area (Å²) in [7, 11) is 5.46. The van der Waals surface area contributed by atoms with Crippen LogP contribution in [0.25, 0.3) is 0 Å². The zero-order valence-electron chi connectivity index (χ0n) is 19.2. The summed E-state index contributed by atoms with van der Waals surface area (Å²) in [6, 6.07) is 11.6. The van der Waals surface area contributed by atoms with Crippen molar-refractivity contribution in [2.75, 3.05) is 38.7 Å². The molecule has 2 aromatic rings. The Morgan fingerprint density at radius 1 is 0.853 bits per heavy atom. The number of ether oxygens (including phenoxy) is 4. The maximum atomic E-state index is 13.0. The van der Waals surface area contributed by atoms with Gasteiger partial charge in [-0.05, 0) is 42.5 Å². The Hall–Kier alpha value is -4.53. The molecule has 0 spiro atoms. The highest BCUT2D eigenvalue weighted by molar-refractivity contribution is 6.07. The molecule has 2 aromatic carbocycles. The molecule has 1 aliphatic rings. The molecule has 0 atom stereocenters. The Balaban J connectivity index is 2.00. The van der Waals surface area contributed by atoms with E-state index in [1.165, 1.54) is 39.4 Å². The van der Waals surface area contributed by atoms with Crippen LogP contribution in [0.15, 0.2) is 78.2 Å². The first-order valence-corrected chi connectivity index (χ1v) is 10.1. The Morgan fingerprint density at radius 3 is 2.29 bits per heavy atom. The fourth-order valence-corrected chi connectivity index (χ4v) is 3.27. The van der Waals surface area contributed by atoms with Crippen molar-refractivity contribution in [3.63, 3.8) is 0 Å². The molecule has 34 heavy (non-hydrogen) atoms. The van der Waals surface area contributed by atoms with Gasteiger partial charge in [-0.2, -0.15) is 0 Å². The molecule has 9 nitrogen and oxygen atoms in total. The molecule has 0 saturated carbocycles. The van der Waals surface area contributed by atoms with Gasteiger partial charge in [0.15, 0.2) is 0 Å². The van der Waals surface area contributed by atoms with Gasteiger partial charge in [0.1, 0.15) is 17.2 Å². The van der Waals surface area contributed by atoms with E-state index in [9.17, 15) is 14.4 Å². The van der Waals surface area contributed by atoms with E-state index in [1.807, 2.05) is 0 Å². The van der Waals surface area contributed by atoms with Gasteiger partial charge in [-0.1, -0.05) is 12.1 Å². The van der Waals surface area contributed by atoms with Crippen LogP contribution in [-0.2, 0) is 19.1 Å². The quantitative estimate of drug-likeness (QED) is 0.622. The van der Waals surface area contributed by atoms with Crippen LogP contribution in [0, 0.1) is 0 Å². The van der Waals surface area contributed by atoms with Gasteiger partial charge in [-0.15, -0.1) is 0 Å². The van der Waals surface area contributed by atoms with Crippen LogP contribution in [0.3, 0.4) is 0 Å². The number of nitrogens with zero attached hydrogens (tertiary/aromatic N) is 1. The fraction of sp³-hybridized carbons (Fsp3) is 0.160. The van der Waals surface area contributed by atoms with E-state index in [0.29, 0.717) is 28.4 Å². The lowest BCUT2D eigenvalue weighted by molar-refractivity contribution is -0.139. The molecule has 1 aliphatic heterocycles. The summed E-state index contributed by atoms with van der Waals surface area (Å²) in [5.74, 6) is -0.847. The van der Waals surface area contributed by atoms with E-state index < -0.39 is 17.8 Å². The number of nitrogens with one attached hydrogen (secondary N) is 1. The first-order chi connectivity index (χ1) is 16.4. The van der Waals surface area contributed by atoms with Crippen LogP contribution >= 0.6 is 0 Å². The average Bonchev–Trinajstić information content (AvgIpc) is 3.10. The largest absolute Gasteiger partial charge is 0.497 e. The Kier molecular flexibility index (Phi) is 7.71. The Bertz CT molecular complexity index is 1200. The number of allylic oxidation sites excluding steroid dienone is 2. The van der Waals surface area contributed by atoms with Gasteiger partial charge in [0.05, 0.1) is 39.7 Å². The third-order valence-electron chi connectivity index (χ3n) is 4.93. The van der Waals surface area contributed by atoms with Crippen molar-refractivity contribution in [3.8, 4) is 11.5 Å². The first-order valence-electron chi connectivity index (χ1n) is 10.1. The lowest BCUT2D eigenvalue weighted by Crippen LogP contribution is -2.27. The average molecular weight is 464 g/mol. The lowest BCUT2D eigenvalue weighted by Gasteiger charge is -2.23. The number of hydrogen-bond donors (Lipinski definition) is 1. The molecule has 0 bridgehead atoms. The maximum Gasteiger partial charge on any atom is 0.355 e. The number of carbonyl (C=O) groups is 3. The van der Waals surface area contributed by atoms with Crippen molar-refractivity contribution in [1.82, 2.24) is 0 Å². The summed E-state index contributed by atoms with van der Waals surface area (Å²) in [5.41, 5.74) is 1.14. The highest BCUT2D eigenvalue weighted by atomic mass is 16.5. The number of amides is 1. The van der Waals surface area contributed by atoms with Crippen molar-refractivity contribution in [2.45, 2.75) is 0 Å². The number of methoxy groups -OCH3 is 4. The molecular weight excluding hydrogens is 440 g/mol. The molecule has 1 amide bonds. The zero-order chi connectivity index (χ0) is 24.7. The third kappa shape index (κ3) is 5.09. The molecule has 0 fully saturated rings. The minimum atomic E-state index is -0.743. The number of anilines is 2. The molecule has 9 heteroatoms. The molecule has 0 unspecified atom stereocenters. The first kappa shape index (κ1) is 24.1. The topological polar surface area (TPSA) is 103 Å². The molecule has 176 valence electrons. The number of benzene rings is 2. The Morgan fingerprint density at radius 2 is 1.62 bits per heavy atom. The van der Waals surface area contributed by atoms with Crippen LogP contribution in [0.2, 0.25) is 0 Å². The highest BCUT2D eigenvalue weighted by Gasteiger charge is 2.27. The fourth-order valence-electron chi connectivity index (χ4n) is 3.27. The van der Waals surface area contributed by atoms with Gasteiger partial charge in [-0.25, -0.2) is 9.59 Å². The normalized spacial score (nSPS) is 12.6. The summed E-state index contributed by atoms with van der Waals surface area (Å²) in [6.45, 7) is 0. The molecule has 0 saturated heterocycles. The van der Waals surface area contributed by atoms with E-state index >= 15 is 0 Å². The van der Waals surface area contributed by atoms with Crippen LogP contribution in [0.5, 0.6) is 11.5 Å². The second-order valence-electron chi connectivity index (χ2n) is 6.89. The van der Waals surface area contributed by atoms with Crippen molar-refractivity contribution in [1.29, 1.82) is 0 Å². The molecule has 3 rings (SSSR count). The second kappa shape index (κ2) is 10.9. The molecule has 1 heterocycles. The number of esters is 2. The number of carbonyl (C=O) groups excluding carboxylic acids is 3. The van der Waals surface area contributed by atoms with Gasteiger partial charge < -0.3 is 29.2 Å². The molecule has 0 aliphatic carbocycles. The molecule has 0 radical (unpaired) electrons. The monoisotopic (exact) mass is 464 g/mol. The smallest absolute Gasteiger partial charge is 0.355 e. The van der Waals surface area contributed by atoms with Crippen LogP contribution < -0.4 is 19.7 Å². The van der Waals surface area contributed by atoms with Gasteiger partial charge in [-0.3, -0.25) is 4.79 Å². The molecule has 1 N–H and O–H groups in total. The predicted molar refractivity (Wildman–Crippen MR) is 126 cm³/mol. The summed E-state index contributed by atoms with van der Waals surface area (Å²) in [4.78, 5) is 39.5.